The van der Waals surface area contributed by atoms with E-state index in [2.05, 4.69) is 21.9 Å². The highest BCUT2D eigenvalue weighted by Crippen LogP contribution is 2.14. The van der Waals surface area contributed by atoms with E-state index in [0.29, 0.717) is 12.3 Å². The van der Waals surface area contributed by atoms with Gasteiger partial charge in [0.2, 0.25) is 0 Å². The van der Waals surface area contributed by atoms with Crippen molar-refractivity contribution >= 4 is 23.6 Å². The van der Waals surface area contributed by atoms with Gasteiger partial charge in [-0.3, -0.25) is 4.79 Å². The van der Waals surface area contributed by atoms with E-state index in [-0.39, 0.29) is 12.5 Å². The molecule has 0 heterocycles. The molecule has 1 amide bonds. The van der Waals surface area contributed by atoms with E-state index >= 15 is 0 Å². The number of hydrogen-bond acceptors (Lipinski definition) is 4. The number of likely N-dealkylation sites (N-methyl/N-ethyl adjacent to an activating group) is 1. The number of nitrogens with one attached hydrogen (secondary N) is 2. The molecule has 0 radical (unpaired) electrons. The van der Waals surface area contributed by atoms with Gasteiger partial charge in [0.25, 0.3) is 5.91 Å². The van der Waals surface area contributed by atoms with Gasteiger partial charge in [0.05, 0.1) is 6.54 Å². The van der Waals surface area contributed by atoms with Crippen molar-refractivity contribution in [2.45, 2.75) is 13.5 Å². The lowest BCUT2D eigenvalue weighted by Gasteiger charge is -2.12. The van der Waals surface area contributed by atoms with Gasteiger partial charge in [-0.2, -0.15) is 11.8 Å². The molecule has 24 heavy (non-hydrogen) atoms. The number of ether oxygens (including phenoxy) is 1. The second kappa shape index (κ2) is 11.6. The summed E-state index contributed by atoms with van der Waals surface area (Å²) >= 11 is 1.80. The first-order valence-electron chi connectivity index (χ1n) is 7.99. The first-order valence-corrected chi connectivity index (χ1v) is 9.39. The molecule has 0 spiro atoms. The molecular formula is C17H28N4O2S. The Hall–Kier alpha value is -1.89. The summed E-state index contributed by atoms with van der Waals surface area (Å²) in [4.78, 5) is 17.7. The van der Waals surface area contributed by atoms with Gasteiger partial charge >= 0.3 is 0 Å². The highest BCUT2D eigenvalue weighted by atomic mass is 32.2. The van der Waals surface area contributed by atoms with E-state index in [1.165, 1.54) is 4.90 Å². The van der Waals surface area contributed by atoms with Crippen LogP contribution in [0.2, 0.25) is 0 Å². The molecule has 0 atom stereocenters. The Balaban J connectivity index is 2.60. The second-order valence-electron chi connectivity index (χ2n) is 5.34. The van der Waals surface area contributed by atoms with Crippen molar-refractivity contribution < 1.29 is 9.53 Å². The van der Waals surface area contributed by atoms with Crippen LogP contribution >= 0.6 is 11.8 Å². The third-order valence-corrected chi connectivity index (χ3v) is 3.73. The minimum absolute atomic E-state index is 0.0403. The largest absolute Gasteiger partial charge is 0.484 e. The smallest absolute Gasteiger partial charge is 0.259 e. The van der Waals surface area contributed by atoms with E-state index in [1.807, 2.05) is 31.2 Å². The average molecular weight is 353 g/mol. The predicted octanol–water partition coefficient (Wildman–Crippen LogP) is 1.57. The molecule has 1 rings (SSSR count). The third kappa shape index (κ3) is 8.10. The molecule has 0 aliphatic heterocycles. The van der Waals surface area contributed by atoms with E-state index in [0.717, 1.165) is 30.4 Å². The van der Waals surface area contributed by atoms with Crippen molar-refractivity contribution in [1.82, 2.24) is 15.5 Å². The molecule has 0 saturated heterocycles. The monoisotopic (exact) mass is 352 g/mol. The molecule has 0 unspecified atom stereocenters. The molecule has 1 aromatic carbocycles. The number of carbonyl (C=O) groups excluding carboxylic acids is 1. The minimum Gasteiger partial charge on any atom is -0.484 e. The Kier molecular flexibility index (Phi) is 9.76. The van der Waals surface area contributed by atoms with E-state index in [9.17, 15) is 4.79 Å². The van der Waals surface area contributed by atoms with Crippen LogP contribution in [0.1, 0.15) is 12.5 Å². The van der Waals surface area contributed by atoms with Gasteiger partial charge in [0.15, 0.2) is 12.6 Å². The molecule has 0 aliphatic carbocycles. The number of nitrogens with zero attached hydrogens (tertiary/aromatic N) is 2. The number of rotatable bonds is 9. The van der Waals surface area contributed by atoms with Gasteiger partial charge in [0.1, 0.15) is 5.75 Å². The zero-order chi connectivity index (χ0) is 17.8. The van der Waals surface area contributed by atoms with E-state index in [1.54, 1.807) is 25.9 Å². The summed E-state index contributed by atoms with van der Waals surface area (Å²) < 4.78 is 5.53. The maximum absolute atomic E-state index is 11.6. The summed E-state index contributed by atoms with van der Waals surface area (Å²) in [5.74, 6) is 2.46. The molecule has 0 fully saturated rings. The number of benzene rings is 1. The number of amides is 1. The van der Waals surface area contributed by atoms with Crippen LogP contribution in [0.15, 0.2) is 29.3 Å². The van der Waals surface area contributed by atoms with Crippen molar-refractivity contribution in [2.24, 2.45) is 4.99 Å². The third-order valence-electron chi connectivity index (χ3n) is 3.12. The first kappa shape index (κ1) is 20.2. The topological polar surface area (TPSA) is 66.0 Å². The Bertz CT molecular complexity index is 535. The summed E-state index contributed by atoms with van der Waals surface area (Å²) in [6.45, 7) is 4.33. The van der Waals surface area contributed by atoms with Crippen molar-refractivity contribution in [3.63, 3.8) is 0 Å². The van der Waals surface area contributed by atoms with Gasteiger partial charge in [-0.1, -0.05) is 12.1 Å². The van der Waals surface area contributed by atoms with Gasteiger partial charge in [-0.25, -0.2) is 4.99 Å². The van der Waals surface area contributed by atoms with Crippen LogP contribution in [0.3, 0.4) is 0 Å². The van der Waals surface area contributed by atoms with Crippen molar-refractivity contribution in [3.8, 4) is 5.75 Å². The van der Waals surface area contributed by atoms with Gasteiger partial charge < -0.3 is 20.3 Å². The van der Waals surface area contributed by atoms with Crippen LogP contribution in [0.4, 0.5) is 0 Å². The lowest BCUT2D eigenvalue weighted by Crippen LogP contribution is -2.38. The molecule has 7 heteroatoms. The first-order chi connectivity index (χ1) is 11.6. The molecular weight excluding hydrogens is 324 g/mol. The van der Waals surface area contributed by atoms with Crippen LogP contribution < -0.4 is 15.4 Å². The van der Waals surface area contributed by atoms with Crippen LogP contribution in [-0.2, 0) is 11.3 Å². The normalized spacial score (nSPS) is 11.1. The Morgan fingerprint density at radius 1 is 1.33 bits per heavy atom. The molecule has 0 aliphatic rings. The van der Waals surface area contributed by atoms with E-state index in [4.69, 9.17) is 4.74 Å². The second-order valence-corrected chi connectivity index (χ2v) is 6.32. The number of hydrogen-bond donors (Lipinski definition) is 2. The molecule has 0 saturated carbocycles. The predicted molar refractivity (Wildman–Crippen MR) is 102 cm³/mol. The van der Waals surface area contributed by atoms with Crippen LogP contribution in [0.25, 0.3) is 0 Å². The quantitative estimate of drug-likeness (QED) is 0.401. The standard InChI is InChI=1S/C17H28N4O2S/c1-5-18-17(19-9-10-24-4)20-12-14-7-6-8-15(11-14)23-13-16(22)21(2)3/h6-8,11H,5,9-10,12-13H2,1-4H3,(H2,18,19,20). The fourth-order valence-corrected chi connectivity index (χ4v) is 2.10. The zero-order valence-electron chi connectivity index (χ0n) is 15.0. The Morgan fingerprint density at radius 2 is 2.12 bits per heavy atom. The molecule has 0 bridgehead atoms. The number of carbonyl (C=O) groups is 1. The molecule has 6 nitrogen and oxygen atoms in total. The molecule has 1 aromatic rings. The number of guanidine groups is 1. The van der Waals surface area contributed by atoms with Gasteiger partial charge in [-0.05, 0) is 30.9 Å². The summed E-state index contributed by atoms with van der Waals surface area (Å²) in [5.41, 5.74) is 1.03. The van der Waals surface area contributed by atoms with Crippen molar-refractivity contribution in [1.29, 1.82) is 0 Å². The minimum atomic E-state index is -0.0640. The molecule has 0 aromatic heterocycles. The van der Waals surface area contributed by atoms with Crippen LogP contribution in [-0.4, -0.2) is 62.6 Å². The van der Waals surface area contributed by atoms with Crippen molar-refractivity contribution in [2.75, 3.05) is 45.8 Å². The maximum atomic E-state index is 11.6. The Morgan fingerprint density at radius 3 is 2.79 bits per heavy atom. The van der Waals surface area contributed by atoms with Gasteiger partial charge in [-0.15, -0.1) is 0 Å². The number of thioether (sulfide) groups is 1. The van der Waals surface area contributed by atoms with Gasteiger partial charge in [0, 0.05) is 32.9 Å². The summed E-state index contributed by atoms with van der Waals surface area (Å²) in [6, 6.07) is 7.67. The van der Waals surface area contributed by atoms with E-state index < -0.39 is 0 Å². The fourth-order valence-electron chi connectivity index (χ4n) is 1.79. The highest BCUT2D eigenvalue weighted by Gasteiger charge is 2.05. The lowest BCUT2D eigenvalue weighted by molar-refractivity contribution is -0.130. The molecule has 134 valence electrons. The summed E-state index contributed by atoms with van der Waals surface area (Å²) in [5, 5.41) is 6.52. The zero-order valence-corrected chi connectivity index (χ0v) is 15.8. The molecule has 2 N–H and O–H groups in total. The average Bonchev–Trinajstić information content (AvgIpc) is 2.58. The van der Waals surface area contributed by atoms with Crippen LogP contribution in [0, 0.1) is 0 Å². The maximum Gasteiger partial charge on any atom is 0.259 e. The fraction of sp³-hybridized carbons (Fsp3) is 0.529. The van der Waals surface area contributed by atoms with Crippen LogP contribution in [0.5, 0.6) is 5.75 Å². The summed E-state index contributed by atoms with van der Waals surface area (Å²) in [7, 11) is 3.42. The summed E-state index contributed by atoms with van der Waals surface area (Å²) in [6.07, 6.45) is 2.08. The Labute approximate surface area is 149 Å². The SMILES string of the molecule is CCNC(=NCc1cccc(OCC(=O)N(C)C)c1)NCCSC. The number of aliphatic imine (C=N–C) groups is 1. The highest BCUT2D eigenvalue weighted by molar-refractivity contribution is 7.98. The van der Waals surface area contributed by atoms with Crippen molar-refractivity contribution in [3.05, 3.63) is 29.8 Å². The lowest BCUT2D eigenvalue weighted by atomic mass is 10.2.